The van der Waals surface area contributed by atoms with Crippen molar-refractivity contribution in [3.8, 4) is 0 Å². The quantitative estimate of drug-likeness (QED) is 0.453. The topological polar surface area (TPSA) is 0 Å². The van der Waals surface area contributed by atoms with E-state index in [1.54, 1.807) is 14.5 Å². The summed E-state index contributed by atoms with van der Waals surface area (Å²) in [5.41, 5.74) is 3.29. The van der Waals surface area contributed by atoms with Gasteiger partial charge in [0.05, 0.1) is 0 Å². The molecule has 1 aliphatic carbocycles. The van der Waals surface area contributed by atoms with E-state index in [4.69, 9.17) is 0 Å². The van der Waals surface area contributed by atoms with Crippen LogP contribution < -0.4 is 24.8 Å². The van der Waals surface area contributed by atoms with Crippen LogP contribution in [0.15, 0.2) is 20.6 Å². The minimum atomic E-state index is 0. The van der Waals surface area contributed by atoms with Crippen LogP contribution >= 0.6 is 0 Å². The second-order valence-corrected chi connectivity index (χ2v) is 4.77. The molecule has 0 fully saturated rings. The normalized spacial score (nSPS) is 15.2. The molecule has 0 radical (unpaired) electrons. The van der Waals surface area contributed by atoms with Crippen LogP contribution in [0, 0.1) is 0 Å². The largest absolute Gasteiger partial charge is 1.00 e. The van der Waals surface area contributed by atoms with Crippen LogP contribution in [-0.2, 0) is 24.4 Å². The second-order valence-electron chi connectivity index (χ2n) is 2.60. The van der Waals surface area contributed by atoms with Gasteiger partial charge < -0.3 is 24.8 Å². The molecular formula is C9H13Cl2Hf. The molecule has 0 atom stereocenters. The molecule has 0 heterocycles. The third kappa shape index (κ3) is 3.35. The van der Waals surface area contributed by atoms with Crippen LogP contribution in [0.25, 0.3) is 0 Å². The summed E-state index contributed by atoms with van der Waals surface area (Å²) in [4.78, 5) is 0. The van der Waals surface area contributed by atoms with Gasteiger partial charge in [-0.25, -0.2) is 0 Å². The van der Waals surface area contributed by atoms with Crippen molar-refractivity contribution in [2.75, 3.05) is 0 Å². The first-order chi connectivity index (χ1) is 4.79. The number of halogens is 2. The zero-order chi connectivity index (χ0) is 7.56. The Hall–Kier alpha value is 0.930. The van der Waals surface area contributed by atoms with E-state index >= 15 is 0 Å². The van der Waals surface area contributed by atoms with Crippen molar-refractivity contribution >= 4 is 0 Å². The van der Waals surface area contributed by atoms with Gasteiger partial charge in [0.1, 0.15) is 0 Å². The summed E-state index contributed by atoms with van der Waals surface area (Å²) >= 11 is 1.27. The molecule has 0 amide bonds. The summed E-state index contributed by atoms with van der Waals surface area (Å²) in [7, 11) is 0. The molecule has 0 nitrogen and oxygen atoms in total. The van der Waals surface area contributed by atoms with E-state index < -0.39 is 0 Å². The molecule has 1 aliphatic rings. The van der Waals surface area contributed by atoms with Crippen LogP contribution in [0.5, 0.6) is 0 Å². The van der Waals surface area contributed by atoms with Crippen molar-refractivity contribution in [1.29, 1.82) is 0 Å². The van der Waals surface area contributed by atoms with E-state index in [0.29, 0.717) is 0 Å². The van der Waals surface area contributed by atoms with Gasteiger partial charge in [-0.1, -0.05) is 0 Å². The van der Waals surface area contributed by atoms with Gasteiger partial charge in [0.2, 0.25) is 0 Å². The van der Waals surface area contributed by atoms with Gasteiger partial charge in [-0.2, -0.15) is 0 Å². The molecule has 0 aromatic carbocycles. The Morgan fingerprint density at radius 1 is 1.25 bits per heavy atom. The monoisotopic (exact) mass is 371 g/mol. The van der Waals surface area contributed by atoms with E-state index in [-0.39, 0.29) is 24.8 Å². The minimum Gasteiger partial charge on any atom is -1.00 e. The van der Waals surface area contributed by atoms with Crippen molar-refractivity contribution in [3.63, 3.8) is 0 Å². The van der Waals surface area contributed by atoms with Crippen LogP contribution in [-0.4, -0.2) is 0 Å². The molecule has 0 bridgehead atoms. The first-order valence-electron chi connectivity index (χ1n) is 3.92. The maximum absolute atomic E-state index is 2.40. The maximum Gasteiger partial charge on any atom is -1.00 e. The van der Waals surface area contributed by atoms with Crippen molar-refractivity contribution in [2.24, 2.45) is 0 Å². The standard InChI is InChI=1S/C9H13.2ClH.Hf/c1-3-8-6-5-7-9(8)4-2;;;/h6H,3-5H2,1-2H3;2*1H;/q;;;+2/p-2. The molecule has 0 aliphatic heterocycles. The van der Waals surface area contributed by atoms with Gasteiger partial charge >= 0.3 is 78.0 Å². The molecule has 0 saturated carbocycles. The van der Waals surface area contributed by atoms with Crippen LogP contribution in [0.4, 0.5) is 0 Å². The van der Waals surface area contributed by atoms with Crippen molar-refractivity contribution in [1.82, 2.24) is 0 Å². The predicted molar refractivity (Wildman–Crippen MR) is 40.3 cm³/mol. The molecule has 12 heavy (non-hydrogen) atoms. The van der Waals surface area contributed by atoms with Gasteiger partial charge in [-0.15, -0.1) is 0 Å². The van der Waals surface area contributed by atoms with Gasteiger partial charge in [-0.05, 0) is 0 Å². The first-order valence-corrected chi connectivity index (χ1v) is 5.72. The van der Waals surface area contributed by atoms with Crippen LogP contribution in [0.3, 0.4) is 0 Å². The SMILES string of the molecule is CCC1=CC[C]([Hf+2])=C1CC.[Cl-].[Cl-]. The summed E-state index contributed by atoms with van der Waals surface area (Å²) in [5.74, 6) is 0. The minimum absolute atomic E-state index is 0. The van der Waals surface area contributed by atoms with E-state index in [0.717, 1.165) is 0 Å². The third-order valence-corrected chi connectivity index (χ3v) is 3.86. The molecule has 1 rings (SSSR count). The van der Waals surface area contributed by atoms with E-state index in [1.807, 2.05) is 0 Å². The van der Waals surface area contributed by atoms with Crippen molar-refractivity contribution < 1.29 is 49.2 Å². The number of hydrogen-bond acceptors (Lipinski definition) is 0. The fourth-order valence-corrected chi connectivity index (χ4v) is 3.04. The van der Waals surface area contributed by atoms with Gasteiger partial charge in [0, 0.05) is 0 Å². The summed E-state index contributed by atoms with van der Waals surface area (Å²) in [6.45, 7) is 4.52. The zero-order valence-electron chi connectivity index (χ0n) is 7.45. The maximum atomic E-state index is 2.40. The smallest absolute Gasteiger partial charge is 1.00 e. The molecule has 0 unspecified atom stereocenters. The summed E-state index contributed by atoms with van der Waals surface area (Å²) in [6, 6.07) is 0. The van der Waals surface area contributed by atoms with E-state index in [9.17, 15) is 0 Å². The van der Waals surface area contributed by atoms with Crippen LogP contribution in [0.2, 0.25) is 0 Å². The molecule has 3 heteroatoms. The van der Waals surface area contributed by atoms with Crippen molar-refractivity contribution in [3.05, 3.63) is 20.6 Å². The Balaban J connectivity index is 0. The molecule has 0 spiro atoms. The molecule has 67 valence electrons. The summed E-state index contributed by atoms with van der Waals surface area (Å²) in [5, 5.41) is 0. The van der Waals surface area contributed by atoms with Crippen LogP contribution in [0.1, 0.15) is 33.1 Å². The van der Waals surface area contributed by atoms with Gasteiger partial charge in [0.25, 0.3) is 0 Å². The Morgan fingerprint density at radius 2 is 1.83 bits per heavy atom. The Bertz CT molecular complexity index is 195. The molecule has 0 saturated heterocycles. The molecule has 0 N–H and O–H groups in total. The van der Waals surface area contributed by atoms with Gasteiger partial charge in [0.15, 0.2) is 0 Å². The zero-order valence-corrected chi connectivity index (χ0v) is 12.6. The second kappa shape index (κ2) is 7.34. The number of rotatable bonds is 2. The van der Waals surface area contributed by atoms with Gasteiger partial charge in [-0.3, -0.25) is 0 Å². The predicted octanol–water partition coefficient (Wildman–Crippen LogP) is -3.05. The summed E-state index contributed by atoms with van der Waals surface area (Å²) < 4.78 is 1.72. The van der Waals surface area contributed by atoms with E-state index in [1.165, 1.54) is 43.6 Å². The molecular weight excluding hydrogens is 357 g/mol. The van der Waals surface area contributed by atoms with Crippen molar-refractivity contribution in [2.45, 2.75) is 33.1 Å². The number of hydrogen-bond donors (Lipinski definition) is 0. The Kier molecular flexibility index (Phi) is 9.43. The molecule has 0 aromatic heterocycles. The average molecular weight is 371 g/mol. The summed E-state index contributed by atoms with van der Waals surface area (Å²) in [6.07, 6.45) is 6.15. The molecule has 0 aromatic rings. The Morgan fingerprint density at radius 3 is 2.17 bits per heavy atom. The fraction of sp³-hybridized carbons (Fsp3) is 0.556. The van der Waals surface area contributed by atoms with E-state index in [2.05, 4.69) is 19.9 Å². The number of allylic oxidation sites excluding steroid dienone is 4. The fourth-order valence-electron chi connectivity index (χ4n) is 1.46. The third-order valence-electron chi connectivity index (χ3n) is 2.04. The first kappa shape index (κ1) is 15.4. The average Bonchev–Trinajstić information content (AvgIpc) is 2.30. The Labute approximate surface area is 102 Å².